The van der Waals surface area contributed by atoms with Gasteiger partial charge in [0.15, 0.2) is 18.4 Å². The Hall–Kier alpha value is -0.850. The SMILES string of the molecule is CCCCCCCCCCCCCCC(CC)[n+]1ccccc1. The average Bonchev–Trinajstić information content (AvgIpc) is 2.60. The molecule has 1 atom stereocenters. The lowest BCUT2D eigenvalue weighted by Crippen LogP contribution is -2.38. The zero-order chi connectivity index (χ0) is 16.6. The van der Waals surface area contributed by atoms with E-state index in [1.54, 1.807) is 0 Å². The first-order valence-electron chi connectivity index (χ1n) is 10.3. The molecule has 0 fully saturated rings. The summed E-state index contributed by atoms with van der Waals surface area (Å²) in [7, 11) is 0. The van der Waals surface area contributed by atoms with Crippen LogP contribution in [-0.2, 0) is 0 Å². The van der Waals surface area contributed by atoms with Gasteiger partial charge in [-0.1, -0.05) is 90.5 Å². The van der Waals surface area contributed by atoms with Crippen LogP contribution in [0.4, 0.5) is 0 Å². The minimum Gasteiger partial charge on any atom is -0.202 e. The number of unbranched alkanes of at least 4 members (excludes halogenated alkanes) is 11. The summed E-state index contributed by atoms with van der Waals surface area (Å²) in [4.78, 5) is 0. The van der Waals surface area contributed by atoms with Crippen molar-refractivity contribution in [3.63, 3.8) is 0 Å². The van der Waals surface area contributed by atoms with Gasteiger partial charge in [0.2, 0.25) is 0 Å². The van der Waals surface area contributed by atoms with Crippen LogP contribution < -0.4 is 4.57 Å². The Bertz CT molecular complexity index is 346. The lowest BCUT2D eigenvalue weighted by Gasteiger charge is -2.10. The molecule has 0 aromatic carbocycles. The van der Waals surface area contributed by atoms with Crippen molar-refractivity contribution in [3.8, 4) is 0 Å². The molecule has 0 saturated heterocycles. The monoisotopic (exact) mass is 318 g/mol. The van der Waals surface area contributed by atoms with Crippen LogP contribution in [0.25, 0.3) is 0 Å². The number of nitrogens with zero attached hydrogens (tertiary/aromatic N) is 1. The van der Waals surface area contributed by atoms with Crippen LogP contribution in [0.1, 0.15) is 110 Å². The van der Waals surface area contributed by atoms with Gasteiger partial charge in [0, 0.05) is 25.0 Å². The Balaban J connectivity index is 1.91. The van der Waals surface area contributed by atoms with Crippen molar-refractivity contribution in [1.82, 2.24) is 0 Å². The van der Waals surface area contributed by atoms with Gasteiger partial charge < -0.3 is 0 Å². The highest BCUT2D eigenvalue weighted by Gasteiger charge is 2.14. The number of pyridine rings is 1. The summed E-state index contributed by atoms with van der Waals surface area (Å²) in [6.07, 6.45) is 24.3. The molecule has 0 bridgehead atoms. The summed E-state index contributed by atoms with van der Waals surface area (Å²) in [5, 5.41) is 0. The third-order valence-corrected chi connectivity index (χ3v) is 5.02. The predicted molar refractivity (Wildman–Crippen MR) is 102 cm³/mol. The van der Waals surface area contributed by atoms with Gasteiger partial charge in [-0.25, -0.2) is 4.57 Å². The summed E-state index contributed by atoms with van der Waals surface area (Å²) in [5.41, 5.74) is 0. The molecule has 0 saturated carbocycles. The summed E-state index contributed by atoms with van der Waals surface area (Å²) >= 11 is 0. The van der Waals surface area contributed by atoms with Crippen LogP contribution in [0.2, 0.25) is 0 Å². The molecule has 0 N–H and O–H groups in total. The molecule has 0 aliphatic carbocycles. The second-order valence-corrected chi connectivity index (χ2v) is 7.06. The van der Waals surface area contributed by atoms with E-state index in [-0.39, 0.29) is 0 Å². The van der Waals surface area contributed by atoms with Gasteiger partial charge >= 0.3 is 0 Å². The number of hydrogen-bond donors (Lipinski definition) is 0. The highest BCUT2D eigenvalue weighted by atomic mass is 15.0. The van der Waals surface area contributed by atoms with E-state index in [0.717, 1.165) is 0 Å². The first kappa shape index (κ1) is 20.2. The Morgan fingerprint density at radius 3 is 1.57 bits per heavy atom. The molecule has 1 rings (SSSR count). The summed E-state index contributed by atoms with van der Waals surface area (Å²) in [5.74, 6) is 0. The van der Waals surface area contributed by atoms with Gasteiger partial charge in [-0.2, -0.15) is 0 Å². The summed E-state index contributed by atoms with van der Waals surface area (Å²) < 4.78 is 2.39. The van der Waals surface area contributed by atoms with E-state index in [2.05, 4.69) is 49.0 Å². The average molecular weight is 319 g/mol. The molecular weight excluding hydrogens is 278 g/mol. The maximum Gasteiger partial charge on any atom is 0.169 e. The van der Waals surface area contributed by atoms with Gasteiger partial charge in [-0.15, -0.1) is 0 Å². The quantitative estimate of drug-likeness (QED) is 0.242. The lowest BCUT2D eigenvalue weighted by atomic mass is 10.0. The fourth-order valence-electron chi connectivity index (χ4n) is 3.44. The third kappa shape index (κ3) is 10.5. The molecule has 1 heteroatoms. The van der Waals surface area contributed by atoms with Gasteiger partial charge in [-0.3, -0.25) is 0 Å². The predicted octanol–water partition coefficient (Wildman–Crippen LogP) is 7.02. The van der Waals surface area contributed by atoms with Crippen LogP contribution in [-0.4, -0.2) is 0 Å². The number of aromatic nitrogens is 1. The van der Waals surface area contributed by atoms with Crippen molar-refractivity contribution in [3.05, 3.63) is 30.6 Å². The molecule has 132 valence electrons. The molecule has 0 spiro atoms. The second-order valence-electron chi connectivity index (χ2n) is 7.06. The molecule has 1 heterocycles. The summed E-state index contributed by atoms with van der Waals surface area (Å²) in [6, 6.07) is 7.09. The van der Waals surface area contributed by atoms with Crippen molar-refractivity contribution < 1.29 is 4.57 Å². The van der Waals surface area contributed by atoms with Crippen LogP contribution in [0.3, 0.4) is 0 Å². The van der Waals surface area contributed by atoms with Crippen molar-refractivity contribution in [2.75, 3.05) is 0 Å². The summed E-state index contributed by atoms with van der Waals surface area (Å²) in [6.45, 7) is 4.60. The highest BCUT2D eigenvalue weighted by molar-refractivity contribution is 4.84. The molecule has 0 aliphatic rings. The Kier molecular flexibility index (Phi) is 12.9. The highest BCUT2D eigenvalue weighted by Crippen LogP contribution is 2.16. The van der Waals surface area contributed by atoms with Crippen LogP contribution in [0, 0.1) is 0 Å². The van der Waals surface area contributed by atoms with E-state index in [0.29, 0.717) is 6.04 Å². The van der Waals surface area contributed by atoms with E-state index in [1.807, 2.05) is 0 Å². The number of hydrogen-bond acceptors (Lipinski definition) is 0. The minimum atomic E-state index is 0.694. The number of rotatable bonds is 15. The van der Waals surface area contributed by atoms with Crippen LogP contribution >= 0.6 is 0 Å². The van der Waals surface area contributed by atoms with Crippen molar-refractivity contribution in [1.29, 1.82) is 0 Å². The molecule has 0 radical (unpaired) electrons. The molecule has 1 aromatic heterocycles. The maximum absolute atomic E-state index is 2.39. The first-order valence-corrected chi connectivity index (χ1v) is 10.3. The fourth-order valence-corrected chi connectivity index (χ4v) is 3.44. The minimum absolute atomic E-state index is 0.694. The van der Waals surface area contributed by atoms with Gasteiger partial charge in [-0.05, 0) is 6.42 Å². The fraction of sp³-hybridized carbons (Fsp3) is 0.773. The Morgan fingerprint density at radius 2 is 1.09 bits per heavy atom. The molecule has 1 aromatic rings. The molecular formula is C22H40N+. The van der Waals surface area contributed by atoms with E-state index in [4.69, 9.17) is 0 Å². The third-order valence-electron chi connectivity index (χ3n) is 5.02. The molecule has 0 amide bonds. The van der Waals surface area contributed by atoms with E-state index >= 15 is 0 Å². The Morgan fingerprint density at radius 1 is 0.609 bits per heavy atom. The van der Waals surface area contributed by atoms with Gasteiger partial charge in [0.1, 0.15) is 0 Å². The first-order chi connectivity index (χ1) is 11.4. The zero-order valence-corrected chi connectivity index (χ0v) is 15.8. The maximum atomic E-state index is 2.39. The normalized spacial score (nSPS) is 12.4. The van der Waals surface area contributed by atoms with E-state index in [1.165, 1.54) is 89.9 Å². The van der Waals surface area contributed by atoms with Crippen LogP contribution in [0.5, 0.6) is 0 Å². The molecule has 1 nitrogen and oxygen atoms in total. The standard InChI is InChI=1S/C22H40N/c1-3-5-6-7-8-9-10-11-12-13-14-16-19-22(4-2)23-20-17-15-18-21-23/h15,17-18,20-22H,3-14,16,19H2,1-2H3/q+1. The van der Waals surface area contributed by atoms with E-state index in [9.17, 15) is 0 Å². The zero-order valence-electron chi connectivity index (χ0n) is 15.8. The molecule has 1 unspecified atom stereocenters. The second kappa shape index (κ2) is 14.7. The van der Waals surface area contributed by atoms with Crippen LogP contribution in [0.15, 0.2) is 30.6 Å². The van der Waals surface area contributed by atoms with Crippen molar-refractivity contribution in [2.24, 2.45) is 0 Å². The van der Waals surface area contributed by atoms with Crippen molar-refractivity contribution in [2.45, 2.75) is 110 Å². The smallest absolute Gasteiger partial charge is 0.169 e. The lowest BCUT2D eigenvalue weighted by molar-refractivity contribution is -0.724. The van der Waals surface area contributed by atoms with E-state index < -0.39 is 0 Å². The molecule has 0 aliphatic heterocycles. The van der Waals surface area contributed by atoms with Gasteiger partial charge in [0.25, 0.3) is 0 Å². The van der Waals surface area contributed by atoms with Crippen molar-refractivity contribution >= 4 is 0 Å². The topological polar surface area (TPSA) is 3.88 Å². The van der Waals surface area contributed by atoms with Gasteiger partial charge in [0.05, 0.1) is 0 Å². The molecule has 23 heavy (non-hydrogen) atoms. The Labute approximate surface area is 145 Å². The largest absolute Gasteiger partial charge is 0.202 e.